The molecule has 0 saturated carbocycles. The first-order chi connectivity index (χ1) is 9.33. The summed E-state index contributed by atoms with van der Waals surface area (Å²) < 4.78 is 15.3. The highest BCUT2D eigenvalue weighted by atomic mass is 19.1. The standard InChI is InChI=1S/C14H17FN4/c15-13-3-1-2-4-14(13)19-11-12(9-17-19)10-18-7-5-16-6-8-18/h1-4,9,11,16H,5-8,10H2. The molecule has 100 valence electrons. The first-order valence-corrected chi connectivity index (χ1v) is 6.54. The van der Waals surface area contributed by atoms with Crippen molar-refractivity contribution in [2.24, 2.45) is 0 Å². The smallest absolute Gasteiger partial charge is 0.148 e. The number of nitrogens with zero attached hydrogens (tertiary/aromatic N) is 3. The monoisotopic (exact) mass is 260 g/mol. The molecule has 0 radical (unpaired) electrons. The fourth-order valence-corrected chi connectivity index (χ4v) is 2.34. The molecule has 3 rings (SSSR count). The van der Waals surface area contributed by atoms with Gasteiger partial charge in [0.1, 0.15) is 11.5 Å². The lowest BCUT2D eigenvalue weighted by Crippen LogP contribution is -2.42. The number of aromatic nitrogens is 2. The molecule has 0 amide bonds. The van der Waals surface area contributed by atoms with Gasteiger partial charge in [-0.2, -0.15) is 5.10 Å². The second kappa shape index (κ2) is 5.50. The van der Waals surface area contributed by atoms with E-state index in [1.165, 1.54) is 6.07 Å². The summed E-state index contributed by atoms with van der Waals surface area (Å²) in [4.78, 5) is 2.37. The Bertz CT molecular complexity index is 546. The zero-order valence-electron chi connectivity index (χ0n) is 10.7. The maximum absolute atomic E-state index is 13.7. The van der Waals surface area contributed by atoms with Crippen molar-refractivity contribution in [3.63, 3.8) is 0 Å². The molecule has 19 heavy (non-hydrogen) atoms. The summed E-state index contributed by atoms with van der Waals surface area (Å²) in [5.41, 5.74) is 1.61. The Morgan fingerprint density at radius 2 is 2.00 bits per heavy atom. The van der Waals surface area contributed by atoms with Gasteiger partial charge in [0.2, 0.25) is 0 Å². The van der Waals surface area contributed by atoms with Gasteiger partial charge in [0.05, 0.1) is 6.20 Å². The van der Waals surface area contributed by atoms with E-state index in [1.54, 1.807) is 16.8 Å². The van der Waals surface area contributed by atoms with Crippen molar-refractivity contribution in [2.45, 2.75) is 6.54 Å². The first kappa shape index (κ1) is 12.3. The normalized spacial score (nSPS) is 16.7. The van der Waals surface area contributed by atoms with Gasteiger partial charge in [0.15, 0.2) is 0 Å². The summed E-state index contributed by atoms with van der Waals surface area (Å²) in [6.07, 6.45) is 3.72. The van der Waals surface area contributed by atoms with Gasteiger partial charge in [0.25, 0.3) is 0 Å². The highest BCUT2D eigenvalue weighted by molar-refractivity contribution is 5.32. The summed E-state index contributed by atoms with van der Waals surface area (Å²) in [6, 6.07) is 6.68. The van der Waals surface area contributed by atoms with Gasteiger partial charge in [0, 0.05) is 44.5 Å². The second-order valence-electron chi connectivity index (χ2n) is 4.77. The molecule has 1 N–H and O–H groups in total. The minimum atomic E-state index is -0.251. The molecule has 0 aliphatic carbocycles. The van der Waals surface area contributed by atoms with Gasteiger partial charge in [-0.15, -0.1) is 0 Å². The molecule has 1 aliphatic rings. The second-order valence-corrected chi connectivity index (χ2v) is 4.77. The van der Waals surface area contributed by atoms with Crippen LogP contribution in [0.5, 0.6) is 0 Å². The maximum Gasteiger partial charge on any atom is 0.148 e. The molecular formula is C14H17FN4. The van der Waals surface area contributed by atoms with E-state index in [2.05, 4.69) is 15.3 Å². The van der Waals surface area contributed by atoms with E-state index in [4.69, 9.17) is 0 Å². The summed E-state index contributed by atoms with van der Waals surface area (Å²) in [6.45, 7) is 5.02. The van der Waals surface area contributed by atoms with E-state index >= 15 is 0 Å². The van der Waals surface area contributed by atoms with Crippen LogP contribution in [0.15, 0.2) is 36.7 Å². The number of piperazine rings is 1. The summed E-state index contributed by atoms with van der Waals surface area (Å²) in [5, 5.41) is 7.57. The molecule has 1 aromatic heterocycles. The molecular weight excluding hydrogens is 243 g/mol. The molecule has 1 aliphatic heterocycles. The van der Waals surface area contributed by atoms with Gasteiger partial charge >= 0.3 is 0 Å². The van der Waals surface area contributed by atoms with E-state index in [9.17, 15) is 4.39 Å². The minimum Gasteiger partial charge on any atom is -0.314 e. The van der Waals surface area contributed by atoms with Crippen LogP contribution >= 0.6 is 0 Å². The highest BCUT2D eigenvalue weighted by Gasteiger charge is 2.12. The summed E-state index contributed by atoms with van der Waals surface area (Å²) in [7, 11) is 0. The number of nitrogens with one attached hydrogen (secondary N) is 1. The van der Waals surface area contributed by atoms with Gasteiger partial charge < -0.3 is 5.32 Å². The predicted octanol–water partition coefficient (Wildman–Crippen LogP) is 1.42. The molecule has 5 heteroatoms. The van der Waals surface area contributed by atoms with Crippen molar-refractivity contribution in [1.29, 1.82) is 0 Å². The van der Waals surface area contributed by atoms with Crippen molar-refractivity contribution in [3.8, 4) is 5.69 Å². The molecule has 0 spiro atoms. The topological polar surface area (TPSA) is 33.1 Å². The Kier molecular flexibility index (Phi) is 3.57. The third kappa shape index (κ3) is 2.83. The van der Waals surface area contributed by atoms with Gasteiger partial charge in [-0.05, 0) is 12.1 Å². The van der Waals surface area contributed by atoms with Crippen molar-refractivity contribution < 1.29 is 4.39 Å². The number of hydrogen-bond donors (Lipinski definition) is 1. The quantitative estimate of drug-likeness (QED) is 0.906. The zero-order chi connectivity index (χ0) is 13.1. The number of hydrogen-bond acceptors (Lipinski definition) is 3. The summed E-state index contributed by atoms with van der Waals surface area (Å²) >= 11 is 0. The molecule has 1 saturated heterocycles. The van der Waals surface area contributed by atoms with E-state index in [0.29, 0.717) is 5.69 Å². The molecule has 2 aromatic rings. The van der Waals surface area contributed by atoms with Crippen molar-refractivity contribution in [2.75, 3.05) is 26.2 Å². The SMILES string of the molecule is Fc1ccccc1-n1cc(CN2CCNCC2)cn1. The molecule has 0 unspecified atom stereocenters. The van der Waals surface area contributed by atoms with Crippen LogP contribution in [-0.2, 0) is 6.54 Å². The molecule has 0 bridgehead atoms. The predicted molar refractivity (Wildman–Crippen MR) is 71.7 cm³/mol. The molecule has 2 heterocycles. The van der Waals surface area contributed by atoms with Crippen molar-refractivity contribution in [3.05, 3.63) is 48.0 Å². The lowest BCUT2D eigenvalue weighted by molar-refractivity contribution is 0.233. The lowest BCUT2D eigenvalue weighted by atomic mass is 10.3. The number of benzene rings is 1. The third-order valence-corrected chi connectivity index (χ3v) is 3.35. The van der Waals surface area contributed by atoms with Crippen LogP contribution in [-0.4, -0.2) is 40.9 Å². The molecule has 1 aromatic carbocycles. The van der Waals surface area contributed by atoms with Crippen molar-refractivity contribution >= 4 is 0 Å². The van der Waals surface area contributed by atoms with Crippen LogP contribution < -0.4 is 5.32 Å². The Balaban J connectivity index is 1.74. The Hall–Kier alpha value is -1.72. The number of halogens is 1. The lowest BCUT2D eigenvalue weighted by Gasteiger charge is -2.26. The van der Waals surface area contributed by atoms with Crippen LogP contribution in [0.2, 0.25) is 0 Å². The van der Waals surface area contributed by atoms with Crippen LogP contribution in [0.4, 0.5) is 4.39 Å². The Morgan fingerprint density at radius 3 is 2.79 bits per heavy atom. The first-order valence-electron chi connectivity index (χ1n) is 6.54. The van der Waals surface area contributed by atoms with E-state index < -0.39 is 0 Å². The van der Waals surface area contributed by atoms with Gasteiger partial charge in [-0.1, -0.05) is 12.1 Å². The Morgan fingerprint density at radius 1 is 1.21 bits per heavy atom. The largest absolute Gasteiger partial charge is 0.314 e. The van der Waals surface area contributed by atoms with E-state index in [0.717, 1.165) is 38.3 Å². The van der Waals surface area contributed by atoms with Crippen LogP contribution in [0.1, 0.15) is 5.56 Å². The molecule has 0 atom stereocenters. The van der Waals surface area contributed by atoms with E-state index in [1.807, 2.05) is 18.5 Å². The molecule has 4 nitrogen and oxygen atoms in total. The fraction of sp³-hybridized carbons (Fsp3) is 0.357. The van der Waals surface area contributed by atoms with Crippen LogP contribution in [0.3, 0.4) is 0 Å². The Labute approximate surface area is 111 Å². The fourth-order valence-electron chi connectivity index (χ4n) is 2.34. The van der Waals surface area contributed by atoms with E-state index in [-0.39, 0.29) is 5.82 Å². The minimum absolute atomic E-state index is 0.251. The van der Waals surface area contributed by atoms with Crippen LogP contribution in [0.25, 0.3) is 5.69 Å². The molecule has 1 fully saturated rings. The zero-order valence-corrected chi connectivity index (χ0v) is 10.7. The summed E-state index contributed by atoms with van der Waals surface area (Å²) in [5.74, 6) is -0.251. The average Bonchev–Trinajstić information content (AvgIpc) is 2.89. The maximum atomic E-state index is 13.7. The van der Waals surface area contributed by atoms with Gasteiger partial charge in [-0.25, -0.2) is 9.07 Å². The highest BCUT2D eigenvalue weighted by Crippen LogP contribution is 2.13. The third-order valence-electron chi connectivity index (χ3n) is 3.35. The number of para-hydroxylation sites is 1. The van der Waals surface area contributed by atoms with Crippen molar-refractivity contribution in [1.82, 2.24) is 20.0 Å². The van der Waals surface area contributed by atoms with Crippen LogP contribution in [0, 0.1) is 5.82 Å². The average molecular weight is 260 g/mol. The van der Waals surface area contributed by atoms with Gasteiger partial charge in [-0.3, -0.25) is 4.90 Å². The number of rotatable bonds is 3.